The van der Waals surface area contributed by atoms with E-state index in [0.29, 0.717) is 13.2 Å². The van der Waals surface area contributed by atoms with Crippen molar-refractivity contribution in [1.82, 2.24) is 25.6 Å². The number of carbonyl (C=O) groups excluding carboxylic acids is 1. The van der Waals surface area contributed by atoms with Gasteiger partial charge in [0.15, 0.2) is 0 Å². The van der Waals surface area contributed by atoms with Gasteiger partial charge in [-0.15, -0.1) is 5.10 Å². The molecule has 7 nitrogen and oxygen atoms in total. The summed E-state index contributed by atoms with van der Waals surface area (Å²) in [5, 5.41) is 14.2. The molecule has 20 heavy (non-hydrogen) atoms. The third-order valence-corrected chi connectivity index (χ3v) is 2.62. The number of carbonyl (C=O) groups is 1. The van der Waals surface area contributed by atoms with Gasteiger partial charge >= 0.3 is 0 Å². The highest BCUT2D eigenvalue weighted by Gasteiger charge is 2.21. The largest absolute Gasteiger partial charge is 0.383 e. The number of hydrogen-bond acceptors (Lipinski definition) is 5. The minimum absolute atomic E-state index is 0.0682. The van der Waals surface area contributed by atoms with Crippen LogP contribution in [0.25, 0.3) is 0 Å². The average molecular weight is 283 g/mol. The lowest BCUT2D eigenvalue weighted by atomic mass is 10.1. The molecule has 0 fully saturated rings. The third kappa shape index (κ3) is 5.66. The predicted octanol–water partition coefficient (Wildman–Crippen LogP) is 0.490. The molecule has 1 amide bonds. The zero-order chi connectivity index (χ0) is 15.2. The van der Waals surface area contributed by atoms with Crippen molar-refractivity contribution in [3.8, 4) is 0 Å². The molecule has 0 saturated heterocycles. The summed E-state index contributed by atoms with van der Waals surface area (Å²) in [6.45, 7) is 9.66. The molecule has 1 atom stereocenters. The summed E-state index contributed by atoms with van der Waals surface area (Å²) < 4.78 is 6.52. The summed E-state index contributed by atoms with van der Waals surface area (Å²) in [7, 11) is 1.66. The molecule has 0 radical (unpaired) electrons. The molecule has 0 saturated carbocycles. The van der Waals surface area contributed by atoms with Crippen LogP contribution in [0.5, 0.6) is 0 Å². The zero-order valence-electron chi connectivity index (χ0n) is 12.9. The second kappa shape index (κ2) is 7.35. The molecule has 0 aromatic carbocycles. The molecular formula is C13H25N5O2. The minimum Gasteiger partial charge on any atom is -0.383 e. The molecule has 0 bridgehead atoms. The van der Waals surface area contributed by atoms with E-state index in [1.54, 1.807) is 24.9 Å². The van der Waals surface area contributed by atoms with Crippen LogP contribution in [0.1, 0.15) is 39.4 Å². The van der Waals surface area contributed by atoms with Crippen molar-refractivity contribution in [2.24, 2.45) is 0 Å². The van der Waals surface area contributed by atoms with Crippen molar-refractivity contribution in [3.63, 3.8) is 0 Å². The molecule has 1 rings (SSSR count). The van der Waals surface area contributed by atoms with Crippen LogP contribution in [0.15, 0.2) is 6.20 Å². The Morgan fingerprint density at radius 1 is 1.50 bits per heavy atom. The van der Waals surface area contributed by atoms with E-state index in [4.69, 9.17) is 4.74 Å². The molecule has 0 aliphatic heterocycles. The number of hydrogen-bond donors (Lipinski definition) is 2. The van der Waals surface area contributed by atoms with Crippen molar-refractivity contribution < 1.29 is 9.53 Å². The van der Waals surface area contributed by atoms with Gasteiger partial charge in [-0.2, -0.15) is 0 Å². The Hall–Kier alpha value is -1.47. The van der Waals surface area contributed by atoms with Crippen molar-refractivity contribution in [2.75, 3.05) is 20.3 Å². The van der Waals surface area contributed by atoms with E-state index >= 15 is 0 Å². The molecule has 1 aromatic rings. The van der Waals surface area contributed by atoms with Gasteiger partial charge in [0.2, 0.25) is 5.91 Å². The molecule has 0 aliphatic carbocycles. The van der Waals surface area contributed by atoms with Crippen LogP contribution >= 0.6 is 0 Å². The zero-order valence-corrected chi connectivity index (χ0v) is 12.9. The van der Waals surface area contributed by atoms with Gasteiger partial charge in [-0.05, 0) is 27.7 Å². The van der Waals surface area contributed by atoms with Gasteiger partial charge in [-0.1, -0.05) is 5.21 Å². The SMILES string of the molecule is COCCNCc1cn(C(C)C(=O)NC(C)(C)C)nn1. The molecular weight excluding hydrogens is 258 g/mol. The van der Waals surface area contributed by atoms with Crippen LogP contribution in [0.2, 0.25) is 0 Å². The van der Waals surface area contributed by atoms with Crippen LogP contribution in [0.4, 0.5) is 0 Å². The quantitative estimate of drug-likeness (QED) is 0.712. The lowest BCUT2D eigenvalue weighted by molar-refractivity contribution is -0.125. The fourth-order valence-electron chi connectivity index (χ4n) is 1.57. The van der Waals surface area contributed by atoms with Crippen LogP contribution in [0.3, 0.4) is 0 Å². The summed E-state index contributed by atoms with van der Waals surface area (Å²) in [6, 6.07) is -0.380. The molecule has 114 valence electrons. The lowest BCUT2D eigenvalue weighted by Gasteiger charge is -2.23. The van der Waals surface area contributed by atoms with Crippen molar-refractivity contribution in [1.29, 1.82) is 0 Å². The molecule has 7 heteroatoms. The highest BCUT2D eigenvalue weighted by Crippen LogP contribution is 2.08. The molecule has 1 unspecified atom stereocenters. The third-order valence-electron chi connectivity index (χ3n) is 2.62. The first kappa shape index (κ1) is 16.6. The average Bonchev–Trinajstić information content (AvgIpc) is 2.80. The van der Waals surface area contributed by atoms with E-state index in [0.717, 1.165) is 12.2 Å². The minimum atomic E-state index is -0.380. The summed E-state index contributed by atoms with van der Waals surface area (Å²) in [6.07, 6.45) is 1.78. The number of nitrogens with one attached hydrogen (secondary N) is 2. The Balaban J connectivity index is 2.51. The van der Waals surface area contributed by atoms with E-state index in [2.05, 4.69) is 20.9 Å². The number of nitrogens with zero attached hydrogens (tertiary/aromatic N) is 3. The molecule has 1 aromatic heterocycles. The van der Waals surface area contributed by atoms with E-state index < -0.39 is 0 Å². The van der Waals surface area contributed by atoms with Gasteiger partial charge in [0, 0.05) is 25.7 Å². The summed E-state index contributed by atoms with van der Waals surface area (Å²) >= 11 is 0. The Kier molecular flexibility index (Phi) is 6.09. The first-order valence-electron chi connectivity index (χ1n) is 6.76. The van der Waals surface area contributed by atoms with Crippen LogP contribution < -0.4 is 10.6 Å². The van der Waals surface area contributed by atoms with Crippen molar-refractivity contribution in [3.05, 3.63) is 11.9 Å². The van der Waals surface area contributed by atoms with E-state index in [-0.39, 0.29) is 17.5 Å². The number of ether oxygens (including phenoxy) is 1. The monoisotopic (exact) mass is 283 g/mol. The van der Waals surface area contributed by atoms with E-state index in [9.17, 15) is 4.79 Å². The van der Waals surface area contributed by atoms with Gasteiger partial charge in [0.05, 0.1) is 18.5 Å². The van der Waals surface area contributed by atoms with Crippen molar-refractivity contribution in [2.45, 2.75) is 45.8 Å². The van der Waals surface area contributed by atoms with Crippen molar-refractivity contribution >= 4 is 5.91 Å². The van der Waals surface area contributed by atoms with Gasteiger partial charge in [0.1, 0.15) is 6.04 Å². The normalized spacial score (nSPS) is 13.2. The first-order chi connectivity index (χ1) is 9.33. The first-order valence-corrected chi connectivity index (χ1v) is 6.76. The van der Waals surface area contributed by atoms with Crippen LogP contribution in [-0.4, -0.2) is 46.7 Å². The van der Waals surface area contributed by atoms with Gasteiger partial charge in [-0.3, -0.25) is 4.79 Å². The summed E-state index contributed by atoms with van der Waals surface area (Å²) in [4.78, 5) is 12.0. The fourth-order valence-corrected chi connectivity index (χ4v) is 1.57. The van der Waals surface area contributed by atoms with Crippen LogP contribution in [0, 0.1) is 0 Å². The number of amides is 1. The summed E-state index contributed by atoms with van der Waals surface area (Å²) in [5.74, 6) is -0.0682. The van der Waals surface area contributed by atoms with Gasteiger partial charge in [0.25, 0.3) is 0 Å². The molecule has 0 aliphatic rings. The second-order valence-electron chi connectivity index (χ2n) is 5.77. The smallest absolute Gasteiger partial charge is 0.245 e. The Morgan fingerprint density at radius 2 is 2.20 bits per heavy atom. The molecule has 1 heterocycles. The fraction of sp³-hybridized carbons (Fsp3) is 0.769. The maximum absolute atomic E-state index is 12.0. The topological polar surface area (TPSA) is 81.1 Å². The van der Waals surface area contributed by atoms with Gasteiger partial charge in [-0.25, -0.2) is 4.68 Å². The maximum Gasteiger partial charge on any atom is 0.245 e. The Labute approximate surface area is 120 Å². The highest BCUT2D eigenvalue weighted by atomic mass is 16.5. The standard InChI is InChI=1S/C13H25N5O2/c1-10(12(19)15-13(2,3)4)18-9-11(16-17-18)8-14-6-7-20-5/h9-10,14H,6-8H2,1-5H3,(H,15,19). The van der Waals surface area contributed by atoms with Gasteiger partial charge < -0.3 is 15.4 Å². The summed E-state index contributed by atoms with van der Waals surface area (Å²) in [5.41, 5.74) is 0.549. The Morgan fingerprint density at radius 3 is 2.80 bits per heavy atom. The van der Waals surface area contributed by atoms with E-state index in [1.165, 1.54) is 0 Å². The molecule has 2 N–H and O–H groups in total. The highest BCUT2D eigenvalue weighted by molar-refractivity contribution is 5.80. The predicted molar refractivity (Wildman–Crippen MR) is 76.2 cm³/mol. The lowest BCUT2D eigenvalue weighted by Crippen LogP contribution is -2.43. The van der Waals surface area contributed by atoms with Crippen LogP contribution in [-0.2, 0) is 16.1 Å². The number of methoxy groups -OCH3 is 1. The number of aromatic nitrogens is 3. The number of rotatable bonds is 7. The molecule has 0 spiro atoms. The second-order valence-corrected chi connectivity index (χ2v) is 5.77. The maximum atomic E-state index is 12.0. The Bertz CT molecular complexity index is 425. The van der Waals surface area contributed by atoms with E-state index in [1.807, 2.05) is 20.8 Å².